The lowest BCUT2D eigenvalue weighted by molar-refractivity contribution is 0.0701. The molecule has 0 radical (unpaired) electrons. The highest BCUT2D eigenvalue weighted by Gasteiger charge is 2.17. The van der Waals surface area contributed by atoms with Gasteiger partial charge >= 0.3 is 5.97 Å². The fourth-order valence-corrected chi connectivity index (χ4v) is 3.77. The van der Waals surface area contributed by atoms with Gasteiger partial charge in [-0.2, -0.15) is 0 Å². The van der Waals surface area contributed by atoms with Gasteiger partial charge in [-0.25, -0.2) is 9.78 Å². The molecule has 3 rings (SSSR count). The van der Waals surface area contributed by atoms with Gasteiger partial charge in [0.05, 0.1) is 5.69 Å². The van der Waals surface area contributed by atoms with E-state index in [1.807, 2.05) is 36.4 Å². The van der Waals surface area contributed by atoms with Crippen molar-refractivity contribution in [3.63, 3.8) is 0 Å². The monoisotopic (exact) mass is 352 g/mol. The van der Waals surface area contributed by atoms with Crippen LogP contribution in [0.4, 0.5) is 5.69 Å². The summed E-state index contributed by atoms with van der Waals surface area (Å²) in [6.45, 7) is 5.51. The maximum Gasteiger partial charge on any atom is 0.347 e. The molecule has 128 valence electrons. The van der Waals surface area contributed by atoms with Crippen LogP contribution in [0, 0.1) is 6.92 Å². The van der Waals surface area contributed by atoms with Crippen LogP contribution in [0.3, 0.4) is 0 Å². The first kappa shape index (κ1) is 17.2. The molecule has 1 heterocycles. The third kappa shape index (κ3) is 3.72. The predicted molar refractivity (Wildman–Crippen MR) is 102 cm³/mol. The minimum absolute atomic E-state index is 0.306. The molecule has 0 aliphatic carbocycles. The zero-order chi connectivity index (χ0) is 17.8. The van der Waals surface area contributed by atoms with E-state index in [2.05, 4.69) is 35.0 Å². The fourth-order valence-electron chi connectivity index (χ4n) is 2.81. The molecule has 0 spiro atoms. The van der Waals surface area contributed by atoms with Crippen molar-refractivity contribution in [1.82, 2.24) is 4.98 Å². The van der Waals surface area contributed by atoms with Crippen molar-refractivity contribution in [3.05, 3.63) is 70.7 Å². The molecule has 0 bridgehead atoms. The van der Waals surface area contributed by atoms with Crippen LogP contribution in [0.5, 0.6) is 0 Å². The summed E-state index contributed by atoms with van der Waals surface area (Å²) in [5.74, 6) is -0.918. The number of carboxylic acid groups (broad SMARTS) is 1. The topological polar surface area (TPSA) is 53.4 Å². The zero-order valence-corrected chi connectivity index (χ0v) is 15.1. The van der Waals surface area contributed by atoms with E-state index in [0.29, 0.717) is 10.6 Å². The van der Waals surface area contributed by atoms with Crippen molar-refractivity contribution in [1.29, 1.82) is 0 Å². The van der Waals surface area contributed by atoms with Crippen LogP contribution in [-0.4, -0.2) is 22.6 Å². The lowest BCUT2D eigenvalue weighted by Crippen LogP contribution is -2.22. The van der Waals surface area contributed by atoms with Gasteiger partial charge in [-0.05, 0) is 31.5 Å². The van der Waals surface area contributed by atoms with E-state index in [0.717, 1.165) is 29.2 Å². The summed E-state index contributed by atoms with van der Waals surface area (Å²) in [5, 5.41) is 10.0. The number of nitrogens with zero attached hydrogens (tertiary/aromatic N) is 2. The van der Waals surface area contributed by atoms with E-state index in [-0.39, 0.29) is 0 Å². The second kappa shape index (κ2) is 7.49. The molecular formula is C20H20N2O2S. The summed E-state index contributed by atoms with van der Waals surface area (Å²) in [5.41, 5.74) is 3.87. The molecule has 25 heavy (non-hydrogen) atoms. The number of para-hydroxylation sites is 1. The number of hydrogen-bond donors (Lipinski definition) is 1. The number of anilines is 1. The number of carbonyl (C=O) groups is 1. The van der Waals surface area contributed by atoms with Gasteiger partial charge in [-0.1, -0.05) is 42.5 Å². The third-order valence-corrected chi connectivity index (χ3v) is 5.28. The minimum atomic E-state index is -0.918. The molecule has 1 aromatic heterocycles. The van der Waals surface area contributed by atoms with Crippen LogP contribution in [0.25, 0.3) is 10.6 Å². The number of rotatable bonds is 6. The second-order valence-electron chi connectivity index (χ2n) is 5.75. The van der Waals surface area contributed by atoms with E-state index in [1.54, 1.807) is 6.92 Å². The Morgan fingerprint density at radius 2 is 1.80 bits per heavy atom. The van der Waals surface area contributed by atoms with Crippen LogP contribution in [0.15, 0.2) is 54.6 Å². The van der Waals surface area contributed by atoms with Gasteiger partial charge in [0.2, 0.25) is 0 Å². The molecule has 2 aromatic carbocycles. The smallest absolute Gasteiger partial charge is 0.347 e. The summed E-state index contributed by atoms with van der Waals surface area (Å²) in [6.07, 6.45) is 0. The highest BCUT2D eigenvalue weighted by molar-refractivity contribution is 7.17. The Morgan fingerprint density at radius 3 is 2.44 bits per heavy atom. The van der Waals surface area contributed by atoms with E-state index in [4.69, 9.17) is 0 Å². The van der Waals surface area contributed by atoms with Crippen molar-refractivity contribution >= 4 is 23.0 Å². The Balaban J connectivity index is 1.96. The highest BCUT2D eigenvalue weighted by Crippen LogP contribution is 2.31. The number of hydrogen-bond acceptors (Lipinski definition) is 4. The fraction of sp³-hybridized carbons (Fsp3) is 0.200. The summed E-state index contributed by atoms with van der Waals surface area (Å²) in [7, 11) is 0. The first-order chi connectivity index (χ1) is 12.1. The zero-order valence-electron chi connectivity index (χ0n) is 14.3. The number of thiazole rings is 1. The van der Waals surface area contributed by atoms with Crippen LogP contribution >= 0.6 is 11.3 Å². The predicted octanol–water partition coefficient (Wildman–Crippen LogP) is 4.84. The summed E-state index contributed by atoms with van der Waals surface area (Å²) in [6, 6.07) is 18.4. The first-order valence-corrected chi connectivity index (χ1v) is 9.00. The molecule has 5 heteroatoms. The highest BCUT2D eigenvalue weighted by atomic mass is 32.1. The first-order valence-electron chi connectivity index (χ1n) is 8.19. The summed E-state index contributed by atoms with van der Waals surface area (Å²) in [4.78, 5) is 18.4. The van der Waals surface area contributed by atoms with Crippen molar-refractivity contribution in [2.24, 2.45) is 0 Å². The number of aromatic carboxylic acids is 1. The molecule has 1 N–H and O–H groups in total. The molecule has 0 aliphatic heterocycles. The third-order valence-electron chi connectivity index (χ3n) is 4.10. The Hall–Kier alpha value is -2.66. The molecule has 3 aromatic rings. The van der Waals surface area contributed by atoms with Gasteiger partial charge in [0, 0.05) is 24.3 Å². The standard InChI is InChI=1S/C20H20N2O2S/c1-3-22(16-10-5-4-6-11-16)13-15-9-7-8-12-17(15)19-21-14(2)18(25-19)20(23)24/h4-12H,3,13H2,1-2H3,(H,23,24). The largest absolute Gasteiger partial charge is 0.477 e. The number of aryl methyl sites for hydroxylation is 1. The molecule has 0 saturated heterocycles. The van der Waals surface area contributed by atoms with Gasteiger partial charge in [-0.3, -0.25) is 0 Å². The van der Waals surface area contributed by atoms with E-state index >= 15 is 0 Å². The SMILES string of the molecule is CCN(Cc1ccccc1-c1nc(C)c(C(=O)O)s1)c1ccccc1. The van der Waals surface area contributed by atoms with E-state index < -0.39 is 5.97 Å². The second-order valence-corrected chi connectivity index (χ2v) is 6.74. The molecule has 0 atom stereocenters. The van der Waals surface area contributed by atoms with Crippen molar-refractivity contribution in [2.45, 2.75) is 20.4 Å². The average molecular weight is 352 g/mol. The molecule has 4 nitrogen and oxygen atoms in total. The van der Waals surface area contributed by atoms with Crippen molar-refractivity contribution in [3.8, 4) is 10.6 Å². The number of carboxylic acids is 1. The molecule has 0 unspecified atom stereocenters. The van der Waals surface area contributed by atoms with Crippen molar-refractivity contribution in [2.75, 3.05) is 11.4 Å². The Labute approximate surface area is 151 Å². The molecule has 0 fully saturated rings. The maximum atomic E-state index is 11.3. The normalized spacial score (nSPS) is 10.6. The lowest BCUT2D eigenvalue weighted by atomic mass is 10.1. The van der Waals surface area contributed by atoms with E-state index in [1.165, 1.54) is 17.0 Å². The van der Waals surface area contributed by atoms with Crippen LogP contribution < -0.4 is 4.90 Å². The molecular weight excluding hydrogens is 332 g/mol. The van der Waals surface area contributed by atoms with Gasteiger partial charge < -0.3 is 10.0 Å². The lowest BCUT2D eigenvalue weighted by Gasteiger charge is -2.24. The Bertz CT molecular complexity index is 874. The quantitative estimate of drug-likeness (QED) is 0.689. The summed E-state index contributed by atoms with van der Waals surface area (Å²) < 4.78 is 0. The Morgan fingerprint density at radius 1 is 1.12 bits per heavy atom. The molecule has 0 aliphatic rings. The number of aromatic nitrogens is 1. The Kier molecular flexibility index (Phi) is 5.14. The van der Waals surface area contributed by atoms with Crippen LogP contribution in [-0.2, 0) is 6.54 Å². The van der Waals surface area contributed by atoms with E-state index in [9.17, 15) is 9.90 Å². The van der Waals surface area contributed by atoms with Gasteiger partial charge in [-0.15, -0.1) is 11.3 Å². The average Bonchev–Trinajstić information content (AvgIpc) is 3.02. The van der Waals surface area contributed by atoms with Crippen LogP contribution in [0.1, 0.15) is 27.9 Å². The van der Waals surface area contributed by atoms with Crippen molar-refractivity contribution < 1.29 is 9.90 Å². The van der Waals surface area contributed by atoms with Crippen LogP contribution in [0.2, 0.25) is 0 Å². The number of benzene rings is 2. The maximum absolute atomic E-state index is 11.3. The molecule has 0 saturated carbocycles. The minimum Gasteiger partial charge on any atom is -0.477 e. The van der Waals surface area contributed by atoms with Gasteiger partial charge in [0.1, 0.15) is 9.88 Å². The van der Waals surface area contributed by atoms with Gasteiger partial charge in [0.25, 0.3) is 0 Å². The van der Waals surface area contributed by atoms with Gasteiger partial charge in [0.15, 0.2) is 0 Å². The summed E-state index contributed by atoms with van der Waals surface area (Å²) >= 11 is 1.24. The molecule has 0 amide bonds.